The van der Waals surface area contributed by atoms with Gasteiger partial charge < -0.3 is 29.6 Å². The summed E-state index contributed by atoms with van der Waals surface area (Å²) >= 11 is 0. The lowest BCUT2D eigenvalue weighted by Gasteiger charge is -2.22. The quantitative estimate of drug-likeness (QED) is 0.689. The standard InChI is InChI=1S/C18H20N2O6/c1-18(23,10-13-3-2-6-24-13)11-19-16(21)17(22)20-12-4-5-14-15(9-12)26-8-7-25-14/h2-6,9,23H,7-8,10-11H2,1H3,(H,19,21)(H,20,22)/t18-/m0/s1. The van der Waals surface area contributed by atoms with Gasteiger partial charge in [0.05, 0.1) is 11.9 Å². The fraction of sp³-hybridized carbons (Fsp3) is 0.333. The minimum Gasteiger partial charge on any atom is -0.486 e. The zero-order chi connectivity index (χ0) is 18.6. The molecule has 8 nitrogen and oxygen atoms in total. The molecule has 3 rings (SSSR count). The summed E-state index contributed by atoms with van der Waals surface area (Å²) in [4.78, 5) is 24.0. The molecule has 0 aliphatic carbocycles. The molecule has 0 spiro atoms. The van der Waals surface area contributed by atoms with Crippen LogP contribution in [0.15, 0.2) is 41.0 Å². The number of nitrogens with one attached hydrogen (secondary N) is 2. The number of hydrogen-bond acceptors (Lipinski definition) is 6. The SMILES string of the molecule is C[C@@](O)(CNC(=O)C(=O)Nc1ccc2c(c1)OCCO2)Cc1ccco1. The number of benzene rings is 1. The maximum absolute atomic E-state index is 12.0. The van der Waals surface area contributed by atoms with E-state index in [1.165, 1.54) is 6.26 Å². The summed E-state index contributed by atoms with van der Waals surface area (Å²) in [6.45, 7) is 2.35. The number of ether oxygens (including phenoxy) is 2. The summed E-state index contributed by atoms with van der Waals surface area (Å²) in [5.41, 5.74) is -0.832. The summed E-state index contributed by atoms with van der Waals surface area (Å²) in [6, 6.07) is 8.31. The summed E-state index contributed by atoms with van der Waals surface area (Å²) in [7, 11) is 0. The highest BCUT2D eigenvalue weighted by atomic mass is 16.6. The fourth-order valence-electron chi connectivity index (χ4n) is 2.51. The number of furan rings is 1. The molecule has 138 valence electrons. The van der Waals surface area contributed by atoms with E-state index in [4.69, 9.17) is 13.9 Å². The van der Waals surface area contributed by atoms with Crippen LogP contribution in [0.25, 0.3) is 0 Å². The smallest absolute Gasteiger partial charge is 0.313 e. The summed E-state index contributed by atoms with van der Waals surface area (Å²) < 4.78 is 16.0. The molecule has 2 aromatic rings. The van der Waals surface area contributed by atoms with Gasteiger partial charge in [0.1, 0.15) is 19.0 Å². The average Bonchev–Trinajstić information content (AvgIpc) is 3.11. The van der Waals surface area contributed by atoms with Gasteiger partial charge in [-0.3, -0.25) is 9.59 Å². The monoisotopic (exact) mass is 360 g/mol. The van der Waals surface area contributed by atoms with Crippen LogP contribution in [0.5, 0.6) is 11.5 Å². The Labute approximate surface area is 150 Å². The molecule has 26 heavy (non-hydrogen) atoms. The van der Waals surface area contributed by atoms with Crippen molar-refractivity contribution in [1.82, 2.24) is 5.32 Å². The zero-order valence-corrected chi connectivity index (χ0v) is 14.3. The number of aliphatic hydroxyl groups is 1. The Balaban J connectivity index is 1.52. The normalized spacial score (nSPS) is 15.0. The van der Waals surface area contributed by atoms with Crippen molar-refractivity contribution in [3.63, 3.8) is 0 Å². The maximum atomic E-state index is 12.0. The highest BCUT2D eigenvalue weighted by Crippen LogP contribution is 2.32. The van der Waals surface area contributed by atoms with Crippen LogP contribution in [0.3, 0.4) is 0 Å². The van der Waals surface area contributed by atoms with Crippen LogP contribution in [-0.2, 0) is 16.0 Å². The second-order valence-electron chi connectivity index (χ2n) is 6.25. The van der Waals surface area contributed by atoms with Gasteiger partial charge in [0.25, 0.3) is 0 Å². The molecule has 0 saturated carbocycles. The van der Waals surface area contributed by atoms with Crippen molar-refractivity contribution in [2.75, 3.05) is 25.1 Å². The van der Waals surface area contributed by atoms with Gasteiger partial charge in [-0.2, -0.15) is 0 Å². The van der Waals surface area contributed by atoms with E-state index in [2.05, 4.69) is 10.6 Å². The van der Waals surface area contributed by atoms with Gasteiger partial charge in [-0.05, 0) is 31.2 Å². The Morgan fingerprint density at radius 1 is 1.15 bits per heavy atom. The number of fused-ring (bicyclic) bond motifs is 1. The third-order valence-corrected chi connectivity index (χ3v) is 3.77. The van der Waals surface area contributed by atoms with Crippen molar-refractivity contribution in [3.8, 4) is 11.5 Å². The summed E-state index contributed by atoms with van der Waals surface area (Å²) in [5, 5.41) is 15.2. The van der Waals surface area contributed by atoms with Gasteiger partial charge in [0.15, 0.2) is 11.5 Å². The Morgan fingerprint density at radius 2 is 1.92 bits per heavy atom. The second-order valence-corrected chi connectivity index (χ2v) is 6.25. The molecule has 0 saturated heterocycles. The Kier molecular flexibility index (Phi) is 5.13. The van der Waals surface area contributed by atoms with E-state index in [0.717, 1.165) is 0 Å². The van der Waals surface area contributed by atoms with E-state index in [1.54, 1.807) is 37.3 Å². The molecule has 8 heteroatoms. The van der Waals surface area contributed by atoms with Gasteiger partial charge in [-0.25, -0.2) is 0 Å². The van der Waals surface area contributed by atoms with E-state index >= 15 is 0 Å². The highest BCUT2D eigenvalue weighted by Gasteiger charge is 2.25. The molecular formula is C18H20N2O6. The molecule has 1 aromatic heterocycles. The first-order valence-electron chi connectivity index (χ1n) is 8.16. The van der Waals surface area contributed by atoms with Gasteiger partial charge in [-0.15, -0.1) is 0 Å². The Hall–Kier alpha value is -3.00. The molecule has 3 N–H and O–H groups in total. The van der Waals surface area contributed by atoms with Crippen LogP contribution in [0.4, 0.5) is 5.69 Å². The predicted octanol–water partition coefficient (Wildman–Crippen LogP) is 1.10. The molecule has 0 radical (unpaired) electrons. The first-order chi connectivity index (χ1) is 12.4. The van der Waals surface area contributed by atoms with E-state index in [9.17, 15) is 14.7 Å². The first-order valence-corrected chi connectivity index (χ1v) is 8.16. The van der Waals surface area contributed by atoms with E-state index in [0.29, 0.717) is 36.2 Å². The largest absolute Gasteiger partial charge is 0.486 e. The Morgan fingerprint density at radius 3 is 2.65 bits per heavy atom. The van der Waals surface area contributed by atoms with Gasteiger partial charge in [-0.1, -0.05) is 0 Å². The van der Waals surface area contributed by atoms with Crippen molar-refractivity contribution < 1.29 is 28.6 Å². The second kappa shape index (κ2) is 7.49. The van der Waals surface area contributed by atoms with Crippen molar-refractivity contribution in [1.29, 1.82) is 0 Å². The van der Waals surface area contributed by atoms with Crippen LogP contribution in [0.1, 0.15) is 12.7 Å². The van der Waals surface area contributed by atoms with E-state index in [-0.39, 0.29) is 13.0 Å². The number of rotatable bonds is 5. The zero-order valence-electron chi connectivity index (χ0n) is 14.3. The Bertz CT molecular complexity index is 785. The topological polar surface area (TPSA) is 110 Å². The molecule has 0 bridgehead atoms. The molecular weight excluding hydrogens is 340 g/mol. The van der Waals surface area contributed by atoms with Crippen LogP contribution in [0.2, 0.25) is 0 Å². The molecule has 0 unspecified atom stereocenters. The van der Waals surface area contributed by atoms with Crippen LogP contribution in [0, 0.1) is 0 Å². The van der Waals surface area contributed by atoms with Crippen molar-refractivity contribution >= 4 is 17.5 Å². The first kappa shape index (κ1) is 17.8. The fourth-order valence-corrected chi connectivity index (χ4v) is 2.51. The third kappa shape index (κ3) is 4.54. The minimum absolute atomic E-state index is 0.0961. The maximum Gasteiger partial charge on any atom is 0.313 e. The molecule has 2 amide bonds. The average molecular weight is 360 g/mol. The van der Waals surface area contributed by atoms with Gasteiger partial charge in [0, 0.05) is 24.7 Å². The van der Waals surface area contributed by atoms with Gasteiger partial charge in [0.2, 0.25) is 0 Å². The van der Waals surface area contributed by atoms with Crippen LogP contribution in [-0.4, -0.2) is 42.3 Å². The van der Waals surface area contributed by atoms with Crippen molar-refractivity contribution in [2.45, 2.75) is 18.9 Å². The summed E-state index contributed by atoms with van der Waals surface area (Å²) in [5.74, 6) is 0.00331. The lowest BCUT2D eigenvalue weighted by Crippen LogP contribution is -2.45. The van der Waals surface area contributed by atoms with E-state index < -0.39 is 17.4 Å². The van der Waals surface area contributed by atoms with Crippen molar-refractivity contribution in [2.24, 2.45) is 0 Å². The van der Waals surface area contributed by atoms with Crippen LogP contribution < -0.4 is 20.1 Å². The van der Waals surface area contributed by atoms with Gasteiger partial charge >= 0.3 is 11.8 Å². The molecule has 1 aliphatic heterocycles. The van der Waals surface area contributed by atoms with Crippen molar-refractivity contribution in [3.05, 3.63) is 42.4 Å². The number of hydrogen-bond donors (Lipinski definition) is 3. The lowest BCUT2D eigenvalue weighted by molar-refractivity contribution is -0.136. The molecule has 1 aromatic carbocycles. The summed E-state index contributed by atoms with van der Waals surface area (Å²) in [6.07, 6.45) is 1.72. The van der Waals surface area contributed by atoms with E-state index in [1.807, 2.05) is 0 Å². The van der Waals surface area contributed by atoms with Crippen LogP contribution >= 0.6 is 0 Å². The number of anilines is 1. The number of carbonyl (C=O) groups is 2. The molecule has 0 fully saturated rings. The number of amides is 2. The lowest BCUT2D eigenvalue weighted by atomic mass is 10.0. The number of carbonyl (C=O) groups excluding carboxylic acids is 2. The molecule has 1 aliphatic rings. The molecule has 2 heterocycles. The minimum atomic E-state index is -1.25. The molecule has 1 atom stereocenters. The predicted molar refractivity (Wildman–Crippen MR) is 92.1 cm³/mol. The third-order valence-electron chi connectivity index (χ3n) is 3.77. The highest BCUT2D eigenvalue weighted by molar-refractivity contribution is 6.39.